The Labute approximate surface area is 146 Å². The van der Waals surface area contributed by atoms with E-state index in [1.807, 2.05) is 41.3 Å². The third-order valence-corrected chi connectivity index (χ3v) is 4.50. The minimum absolute atomic E-state index is 0.0342. The highest BCUT2D eigenvalue weighted by Gasteiger charge is 2.26. The summed E-state index contributed by atoms with van der Waals surface area (Å²) in [5.74, 6) is 0.613. The van der Waals surface area contributed by atoms with Gasteiger partial charge < -0.3 is 9.64 Å². The fourth-order valence-electron chi connectivity index (χ4n) is 3.24. The van der Waals surface area contributed by atoms with Crippen molar-refractivity contribution in [3.8, 4) is 5.88 Å². The van der Waals surface area contributed by atoms with Gasteiger partial charge in [0.1, 0.15) is 12.4 Å². The largest absolute Gasteiger partial charge is 0.472 e. The normalized spacial score (nSPS) is 17.4. The maximum absolute atomic E-state index is 12.9. The Hall–Kier alpha value is -2.95. The number of rotatable bonds is 3. The summed E-state index contributed by atoms with van der Waals surface area (Å²) in [6, 6.07) is 15.7. The molecule has 2 heterocycles. The molecule has 1 unspecified atom stereocenters. The minimum atomic E-state index is -0.0342. The molecule has 1 amide bonds. The highest BCUT2D eigenvalue weighted by molar-refractivity contribution is 5.98. The van der Waals surface area contributed by atoms with Crippen molar-refractivity contribution in [2.75, 3.05) is 13.1 Å². The number of ether oxygens (including phenoxy) is 1. The third-order valence-electron chi connectivity index (χ3n) is 4.50. The number of amides is 1. The summed E-state index contributed by atoms with van der Waals surface area (Å²) in [7, 11) is 0. The number of hydrogen-bond acceptors (Lipinski definition) is 4. The van der Waals surface area contributed by atoms with Crippen LogP contribution in [0.4, 0.5) is 0 Å². The Morgan fingerprint density at radius 2 is 2.00 bits per heavy atom. The van der Waals surface area contributed by atoms with Crippen LogP contribution in [0.2, 0.25) is 0 Å². The van der Waals surface area contributed by atoms with Gasteiger partial charge in [0.25, 0.3) is 5.91 Å². The molecule has 5 heteroatoms. The monoisotopic (exact) mass is 333 g/mol. The molecule has 3 aromatic rings. The van der Waals surface area contributed by atoms with Crippen LogP contribution in [0, 0.1) is 0 Å². The predicted octanol–water partition coefficient (Wildman–Crippen LogP) is 3.31. The number of likely N-dealkylation sites (tertiary alicyclic amines) is 1. The molecular weight excluding hydrogens is 314 g/mol. The number of carbonyl (C=O) groups excluding carboxylic acids is 1. The number of fused-ring (bicyclic) bond motifs is 1. The van der Waals surface area contributed by atoms with Crippen LogP contribution in [0.1, 0.15) is 23.2 Å². The maximum atomic E-state index is 12.9. The molecule has 1 aliphatic heterocycles. The molecular formula is C20H19N3O2. The van der Waals surface area contributed by atoms with Crippen molar-refractivity contribution in [1.82, 2.24) is 14.9 Å². The molecule has 1 aliphatic rings. The van der Waals surface area contributed by atoms with Gasteiger partial charge in [0.2, 0.25) is 5.88 Å². The Morgan fingerprint density at radius 1 is 1.12 bits per heavy atom. The summed E-state index contributed by atoms with van der Waals surface area (Å²) >= 11 is 0. The Kier molecular flexibility index (Phi) is 4.29. The molecule has 126 valence electrons. The molecule has 0 N–H and O–H groups in total. The summed E-state index contributed by atoms with van der Waals surface area (Å²) in [6.07, 6.45) is 4.94. The van der Waals surface area contributed by atoms with Crippen LogP contribution in [-0.2, 0) is 0 Å². The molecule has 1 atom stereocenters. The van der Waals surface area contributed by atoms with Gasteiger partial charge in [-0.1, -0.05) is 30.3 Å². The maximum Gasteiger partial charge on any atom is 0.254 e. The lowest BCUT2D eigenvalue weighted by Crippen LogP contribution is -2.44. The fraction of sp³-hybridized carbons (Fsp3) is 0.250. The highest BCUT2D eigenvalue weighted by atomic mass is 16.5. The average molecular weight is 333 g/mol. The van der Waals surface area contributed by atoms with Gasteiger partial charge in [-0.05, 0) is 35.7 Å². The Morgan fingerprint density at radius 3 is 2.84 bits per heavy atom. The lowest BCUT2D eigenvalue weighted by molar-refractivity contribution is 0.0527. The summed E-state index contributed by atoms with van der Waals surface area (Å²) in [6.45, 7) is 1.34. The van der Waals surface area contributed by atoms with E-state index in [4.69, 9.17) is 4.74 Å². The molecule has 0 spiro atoms. The van der Waals surface area contributed by atoms with E-state index in [-0.39, 0.29) is 12.0 Å². The number of carbonyl (C=O) groups is 1. The summed E-state index contributed by atoms with van der Waals surface area (Å²) < 4.78 is 5.90. The van der Waals surface area contributed by atoms with E-state index in [1.54, 1.807) is 12.3 Å². The number of piperidine rings is 1. The molecule has 0 aliphatic carbocycles. The van der Waals surface area contributed by atoms with Gasteiger partial charge in [-0.25, -0.2) is 9.97 Å². The molecule has 25 heavy (non-hydrogen) atoms. The van der Waals surface area contributed by atoms with Crippen molar-refractivity contribution in [3.05, 3.63) is 66.6 Å². The number of hydrogen-bond donors (Lipinski definition) is 0. The van der Waals surface area contributed by atoms with E-state index >= 15 is 0 Å². The van der Waals surface area contributed by atoms with Crippen molar-refractivity contribution in [2.24, 2.45) is 0 Å². The first-order chi connectivity index (χ1) is 12.3. The van der Waals surface area contributed by atoms with Crippen LogP contribution in [0.5, 0.6) is 5.88 Å². The van der Waals surface area contributed by atoms with E-state index in [9.17, 15) is 4.79 Å². The molecule has 4 rings (SSSR count). The van der Waals surface area contributed by atoms with Crippen LogP contribution in [0.15, 0.2) is 61.1 Å². The zero-order chi connectivity index (χ0) is 17.1. The van der Waals surface area contributed by atoms with Crippen LogP contribution >= 0.6 is 0 Å². The number of nitrogens with zero attached hydrogens (tertiary/aromatic N) is 3. The second kappa shape index (κ2) is 6.89. The highest BCUT2D eigenvalue weighted by Crippen LogP contribution is 2.20. The van der Waals surface area contributed by atoms with Crippen LogP contribution in [0.25, 0.3) is 10.8 Å². The zero-order valence-electron chi connectivity index (χ0n) is 13.8. The van der Waals surface area contributed by atoms with Crippen LogP contribution in [0.3, 0.4) is 0 Å². The molecule has 1 fully saturated rings. The van der Waals surface area contributed by atoms with Crippen molar-refractivity contribution < 1.29 is 9.53 Å². The number of aromatic nitrogens is 2. The predicted molar refractivity (Wildman–Crippen MR) is 95.5 cm³/mol. The van der Waals surface area contributed by atoms with E-state index < -0.39 is 0 Å². The van der Waals surface area contributed by atoms with Crippen molar-refractivity contribution in [3.63, 3.8) is 0 Å². The van der Waals surface area contributed by atoms with E-state index in [2.05, 4.69) is 16.0 Å². The van der Waals surface area contributed by atoms with Crippen molar-refractivity contribution in [1.29, 1.82) is 0 Å². The summed E-state index contributed by atoms with van der Waals surface area (Å²) in [5, 5.41) is 2.22. The first-order valence-corrected chi connectivity index (χ1v) is 8.50. The smallest absolute Gasteiger partial charge is 0.254 e. The Bertz CT molecular complexity index is 882. The summed E-state index contributed by atoms with van der Waals surface area (Å²) in [4.78, 5) is 22.7. The van der Waals surface area contributed by atoms with Crippen molar-refractivity contribution in [2.45, 2.75) is 18.9 Å². The van der Waals surface area contributed by atoms with Crippen molar-refractivity contribution >= 4 is 16.7 Å². The Balaban J connectivity index is 1.49. The SMILES string of the molecule is O=C(c1ccc2ccccc2c1)N1CCCC(Oc2ccncn2)C1. The van der Waals surface area contributed by atoms with Crippen LogP contribution < -0.4 is 4.74 Å². The van der Waals surface area contributed by atoms with Crippen LogP contribution in [-0.4, -0.2) is 40.0 Å². The van der Waals surface area contributed by atoms with Gasteiger partial charge in [-0.15, -0.1) is 0 Å². The fourth-order valence-corrected chi connectivity index (χ4v) is 3.24. The standard InChI is InChI=1S/C20H19N3O2/c24-20(17-8-7-15-4-1-2-5-16(15)12-17)23-11-3-6-18(13-23)25-19-9-10-21-14-22-19/h1-2,4-5,7-10,12,14,18H,3,6,11,13H2. The average Bonchev–Trinajstić information content (AvgIpc) is 2.68. The molecule has 0 radical (unpaired) electrons. The van der Waals surface area contributed by atoms with Gasteiger partial charge in [0.05, 0.1) is 6.54 Å². The van der Waals surface area contributed by atoms with Gasteiger partial charge in [-0.2, -0.15) is 0 Å². The van der Waals surface area contributed by atoms with Gasteiger partial charge >= 0.3 is 0 Å². The molecule has 0 bridgehead atoms. The topological polar surface area (TPSA) is 55.3 Å². The molecule has 5 nitrogen and oxygen atoms in total. The van der Waals surface area contributed by atoms with Gasteiger partial charge in [0.15, 0.2) is 0 Å². The lowest BCUT2D eigenvalue weighted by atomic mass is 10.0. The minimum Gasteiger partial charge on any atom is -0.472 e. The molecule has 1 saturated heterocycles. The quantitative estimate of drug-likeness (QED) is 0.738. The van der Waals surface area contributed by atoms with Gasteiger partial charge in [-0.3, -0.25) is 4.79 Å². The molecule has 2 aromatic carbocycles. The second-order valence-corrected chi connectivity index (χ2v) is 6.24. The van der Waals surface area contributed by atoms with E-state index in [0.717, 1.165) is 35.7 Å². The van der Waals surface area contributed by atoms with Gasteiger partial charge in [0, 0.05) is 24.4 Å². The third kappa shape index (κ3) is 3.45. The summed E-state index contributed by atoms with van der Waals surface area (Å²) in [5.41, 5.74) is 0.724. The second-order valence-electron chi connectivity index (χ2n) is 6.24. The lowest BCUT2D eigenvalue weighted by Gasteiger charge is -2.32. The first-order valence-electron chi connectivity index (χ1n) is 8.50. The molecule has 1 aromatic heterocycles. The first kappa shape index (κ1) is 15.6. The molecule has 0 saturated carbocycles. The zero-order valence-corrected chi connectivity index (χ0v) is 13.8. The van der Waals surface area contributed by atoms with E-state index in [1.165, 1.54) is 6.33 Å². The number of benzene rings is 2. The van der Waals surface area contributed by atoms with E-state index in [0.29, 0.717) is 12.4 Å².